The molecule has 0 bridgehead atoms. The van der Waals surface area contributed by atoms with Crippen molar-refractivity contribution in [3.05, 3.63) is 34.4 Å². The predicted octanol–water partition coefficient (Wildman–Crippen LogP) is 4.87. The van der Waals surface area contributed by atoms with Crippen LogP contribution in [0.5, 0.6) is 0 Å². The number of benzene rings is 1. The van der Waals surface area contributed by atoms with Crippen LogP contribution in [0.25, 0.3) is 0 Å². The first kappa shape index (κ1) is 14.3. The second kappa shape index (κ2) is 5.48. The molecule has 0 saturated heterocycles. The zero-order chi connectivity index (χ0) is 14.2. The Kier molecular flexibility index (Phi) is 4.13. The van der Waals surface area contributed by atoms with Crippen LogP contribution in [0.15, 0.2) is 12.1 Å². The van der Waals surface area contributed by atoms with Crippen molar-refractivity contribution in [1.29, 1.82) is 0 Å². The van der Waals surface area contributed by atoms with Crippen LogP contribution in [0.3, 0.4) is 0 Å². The van der Waals surface area contributed by atoms with Crippen LogP contribution < -0.4 is 0 Å². The molecule has 0 heterocycles. The van der Waals surface area contributed by atoms with E-state index in [1.165, 1.54) is 12.0 Å². The summed E-state index contributed by atoms with van der Waals surface area (Å²) >= 11 is 0. The Morgan fingerprint density at radius 3 is 2.11 bits per heavy atom. The monoisotopic (exact) mass is 258 g/mol. The molecular weight excluding hydrogens is 232 g/mol. The van der Waals surface area contributed by atoms with Gasteiger partial charge in [-0.3, -0.25) is 4.79 Å². The molecule has 1 aliphatic rings. The highest BCUT2D eigenvalue weighted by Gasteiger charge is 2.30. The molecule has 1 nitrogen and oxygen atoms in total. The van der Waals surface area contributed by atoms with Crippen molar-refractivity contribution < 1.29 is 4.79 Å². The quantitative estimate of drug-likeness (QED) is 0.692. The van der Waals surface area contributed by atoms with E-state index in [-0.39, 0.29) is 5.92 Å². The molecule has 104 valence electrons. The predicted molar refractivity (Wildman–Crippen MR) is 80.7 cm³/mol. The summed E-state index contributed by atoms with van der Waals surface area (Å²) in [6.45, 7) is 10.8. The summed E-state index contributed by atoms with van der Waals surface area (Å²) < 4.78 is 0. The van der Waals surface area contributed by atoms with Crippen molar-refractivity contribution >= 4 is 5.78 Å². The molecule has 1 aromatic rings. The Morgan fingerprint density at radius 1 is 1.00 bits per heavy atom. The fourth-order valence-corrected chi connectivity index (χ4v) is 3.56. The minimum atomic E-state index is 0.242. The zero-order valence-corrected chi connectivity index (χ0v) is 12.9. The molecule has 0 spiro atoms. The molecule has 0 aromatic heterocycles. The minimum Gasteiger partial charge on any atom is -0.294 e. The van der Waals surface area contributed by atoms with Gasteiger partial charge in [0.25, 0.3) is 0 Å². The van der Waals surface area contributed by atoms with Gasteiger partial charge in [-0.25, -0.2) is 0 Å². The van der Waals surface area contributed by atoms with Gasteiger partial charge in [-0.1, -0.05) is 31.5 Å². The van der Waals surface area contributed by atoms with Crippen molar-refractivity contribution in [3.8, 4) is 0 Å². The second-order valence-electron chi connectivity index (χ2n) is 6.60. The highest BCUT2D eigenvalue weighted by atomic mass is 16.1. The lowest BCUT2D eigenvalue weighted by Crippen LogP contribution is -2.27. The summed E-state index contributed by atoms with van der Waals surface area (Å²) in [6.07, 6.45) is 3.32. The van der Waals surface area contributed by atoms with E-state index in [9.17, 15) is 4.79 Å². The highest BCUT2D eigenvalue weighted by Crippen LogP contribution is 2.36. The SMILES string of the molecule is Cc1cc(C)c(C(=O)C2CCC(C)C(C)C2)c(C)c1. The Bertz CT molecular complexity index is 463. The van der Waals surface area contributed by atoms with Gasteiger partial charge >= 0.3 is 0 Å². The van der Waals surface area contributed by atoms with Gasteiger partial charge in [-0.05, 0) is 63.0 Å². The number of carbonyl (C=O) groups excluding carboxylic acids is 1. The largest absolute Gasteiger partial charge is 0.294 e. The van der Waals surface area contributed by atoms with Gasteiger partial charge in [0.1, 0.15) is 0 Å². The molecule has 1 aromatic carbocycles. The number of carbonyl (C=O) groups is 1. The third-order valence-corrected chi connectivity index (χ3v) is 4.89. The molecular formula is C18H26O. The molecule has 1 saturated carbocycles. The lowest BCUT2D eigenvalue weighted by molar-refractivity contribution is 0.0836. The fourth-order valence-electron chi connectivity index (χ4n) is 3.56. The van der Waals surface area contributed by atoms with Crippen LogP contribution in [0.4, 0.5) is 0 Å². The van der Waals surface area contributed by atoms with Crippen LogP contribution in [-0.2, 0) is 0 Å². The van der Waals surface area contributed by atoms with Crippen molar-refractivity contribution in [2.75, 3.05) is 0 Å². The van der Waals surface area contributed by atoms with E-state index in [2.05, 4.69) is 46.8 Å². The number of hydrogen-bond donors (Lipinski definition) is 0. The minimum absolute atomic E-state index is 0.242. The van der Waals surface area contributed by atoms with Gasteiger partial charge in [-0.2, -0.15) is 0 Å². The molecule has 0 amide bonds. The second-order valence-corrected chi connectivity index (χ2v) is 6.60. The van der Waals surface area contributed by atoms with Crippen molar-refractivity contribution in [3.63, 3.8) is 0 Å². The number of rotatable bonds is 2. The summed E-state index contributed by atoms with van der Waals surface area (Å²) in [4.78, 5) is 12.8. The van der Waals surface area contributed by atoms with Crippen LogP contribution in [0.2, 0.25) is 0 Å². The highest BCUT2D eigenvalue weighted by molar-refractivity contribution is 6.00. The molecule has 0 radical (unpaired) electrons. The molecule has 1 aliphatic carbocycles. The van der Waals surface area contributed by atoms with E-state index >= 15 is 0 Å². The molecule has 0 aliphatic heterocycles. The lowest BCUT2D eigenvalue weighted by Gasteiger charge is -2.31. The third kappa shape index (κ3) is 2.91. The zero-order valence-electron chi connectivity index (χ0n) is 12.9. The van der Waals surface area contributed by atoms with Crippen LogP contribution in [0, 0.1) is 38.5 Å². The maximum Gasteiger partial charge on any atom is 0.166 e. The molecule has 2 rings (SSSR count). The number of hydrogen-bond acceptors (Lipinski definition) is 1. The van der Waals surface area contributed by atoms with E-state index < -0.39 is 0 Å². The third-order valence-electron chi connectivity index (χ3n) is 4.89. The summed E-state index contributed by atoms with van der Waals surface area (Å²) in [6, 6.07) is 4.27. The number of ketones is 1. The number of aryl methyl sites for hydroxylation is 3. The Hall–Kier alpha value is -1.11. The normalized spacial score (nSPS) is 27.3. The average molecular weight is 258 g/mol. The first-order chi connectivity index (χ1) is 8.90. The van der Waals surface area contributed by atoms with Gasteiger partial charge in [0.05, 0.1) is 0 Å². The summed E-state index contributed by atoms with van der Waals surface area (Å²) in [5, 5.41) is 0. The Labute approximate surface area is 117 Å². The van der Waals surface area contributed by atoms with E-state index in [1.807, 2.05) is 0 Å². The summed E-state index contributed by atoms with van der Waals surface area (Å²) in [7, 11) is 0. The van der Waals surface area contributed by atoms with E-state index in [0.717, 1.165) is 35.4 Å². The van der Waals surface area contributed by atoms with E-state index in [0.29, 0.717) is 11.7 Å². The van der Waals surface area contributed by atoms with Crippen LogP contribution in [0.1, 0.15) is 60.2 Å². The fraction of sp³-hybridized carbons (Fsp3) is 0.611. The van der Waals surface area contributed by atoms with Crippen LogP contribution in [-0.4, -0.2) is 5.78 Å². The maximum atomic E-state index is 12.8. The first-order valence-electron chi connectivity index (χ1n) is 7.52. The standard InChI is InChI=1S/C18H26O/c1-11-8-14(4)17(15(5)9-11)18(19)16-7-6-12(2)13(3)10-16/h8-9,12-13,16H,6-7,10H2,1-5H3. The summed E-state index contributed by atoms with van der Waals surface area (Å²) in [5.41, 5.74) is 4.53. The van der Waals surface area contributed by atoms with Crippen molar-refractivity contribution in [2.45, 2.75) is 53.9 Å². The topological polar surface area (TPSA) is 17.1 Å². The molecule has 0 N–H and O–H groups in total. The molecule has 3 atom stereocenters. The van der Waals surface area contributed by atoms with Gasteiger partial charge < -0.3 is 0 Å². The van der Waals surface area contributed by atoms with E-state index in [1.54, 1.807) is 0 Å². The Morgan fingerprint density at radius 2 is 1.58 bits per heavy atom. The van der Waals surface area contributed by atoms with Gasteiger partial charge in [-0.15, -0.1) is 0 Å². The maximum absolute atomic E-state index is 12.8. The smallest absolute Gasteiger partial charge is 0.166 e. The first-order valence-corrected chi connectivity index (χ1v) is 7.52. The summed E-state index contributed by atoms with van der Waals surface area (Å²) in [5.74, 6) is 2.07. The van der Waals surface area contributed by atoms with Gasteiger partial charge in [0.2, 0.25) is 0 Å². The molecule has 1 heteroatoms. The van der Waals surface area contributed by atoms with Crippen molar-refractivity contribution in [1.82, 2.24) is 0 Å². The Balaban J connectivity index is 2.25. The molecule has 3 unspecified atom stereocenters. The lowest BCUT2D eigenvalue weighted by atomic mass is 9.72. The molecule has 19 heavy (non-hydrogen) atoms. The number of Topliss-reactive ketones (excluding diaryl/α,β-unsaturated/α-hetero) is 1. The average Bonchev–Trinajstić information content (AvgIpc) is 2.31. The molecule has 1 fully saturated rings. The van der Waals surface area contributed by atoms with Gasteiger partial charge in [0, 0.05) is 11.5 Å². The van der Waals surface area contributed by atoms with Crippen molar-refractivity contribution in [2.24, 2.45) is 17.8 Å². The van der Waals surface area contributed by atoms with Crippen LogP contribution >= 0.6 is 0 Å². The van der Waals surface area contributed by atoms with E-state index in [4.69, 9.17) is 0 Å². The van der Waals surface area contributed by atoms with Gasteiger partial charge in [0.15, 0.2) is 5.78 Å².